The molecule has 0 bridgehead atoms. The minimum absolute atomic E-state index is 0.226. The molecule has 0 aromatic heterocycles. The Balaban J connectivity index is 2.99. The van der Waals surface area contributed by atoms with Gasteiger partial charge in [-0.15, -0.1) is 0 Å². The van der Waals surface area contributed by atoms with E-state index in [2.05, 4.69) is 0 Å². The average molecular weight is 223 g/mol. The van der Waals surface area contributed by atoms with E-state index in [1.54, 1.807) is 0 Å². The quantitative estimate of drug-likeness (QED) is 0.778. The van der Waals surface area contributed by atoms with Crippen LogP contribution in [0.2, 0.25) is 0 Å². The molecule has 0 aliphatic heterocycles. The molecule has 1 N–H and O–H groups in total. The van der Waals surface area contributed by atoms with Crippen molar-refractivity contribution in [1.82, 2.24) is 0 Å². The Morgan fingerprint density at radius 1 is 1.46 bits per heavy atom. The smallest absolute Gasteiger partial charge is 0.314 e. The molecule has 0 fully saturated rings. The van der Waals surface area contributed by atoms with Crippen LogP contribution in [0.25, 0.3) is 0 Å². The van der Waals surface area contributed by atoms with Crippen LogP contribution in [0.1, 0.15) is 0 Å². The number of carboxylic acids is 1. The lowest BCUT2D eigenvalue weighted by Gasteiger charge is -2.24. The third kappa shape index (κ3) is 2.05. The van der Waals surface area contributed by atoms with Gasteiger partial charge in [0, 0.05) is 17.2 Å². The Labute approximate surface area is 85.6 Å². The molecule has 2 atom stereocenters. The monoisotopic (exact) mass is 222 g/mol. The third-order valence-corrected chi connectivity index (χ3v) is 2.50. The summed E-state index contributed by atoms with van der Waals surface area (Å²) >= 11 is 11.5. The van der Waals surface area contributed by atoms with E-state index in [0.29, 0.717) is 5.03 Å². The zero-order valence-corrected chi connectivity index (χ0v) is 8.34. The Kier molecular flexibility index (Phi) is 3.36. The minimum Gasteiger partial charge on any atom is -0.481 e. The summed E-state index contributed by atoms with van der Waals surface area (Å²) in [5, 5.41) is 9.41. The maximum absolute atomic E-state index is 10.8. The molecule has 5 heteroatoms. The van der Waals surface area contributed by atoms with Gasteiger partial charge in [-0.25, -0.2) is 0 Å². The molecule has 1 aliphatic carbocycles. The number of carbonyl (C=O) groups is 1. The van der Waals surface area contributed by atoms with Crippen LogP contribution in [0.3, 0.4) is 0 Å². The van der Waals surface area contributed by atoms with Crippen LogP contribution < -0.4 is 0 Å². The number of hydrogen-bond acceptors (Lipinski definition) is 2. The zero-order chi connectivity index (χ0) is 10.0. The molecule has 72 valence electrons. The van der Waals surface area contributed by atoms with E-state index in [0.717, 1.165) is 0 Å². The molecule has 0 aromatic rings. The van der Waals surface area contributed by atoms with Crippen molar-refractivity contribution in [2.75, 3.05) is 7.11 Å². The van der Waals surface area contributed by atoms with Crippen molar-refractivity contribution in [2.24, 2.45) is 5.92 Å². The Bertz CT molecular complexity index is 283. The van der Waals surface area contributed by atoms with Crippen molar-refractivity contribution in [2.45, 2.75) is 6.10 Å². The van der Waals surface area contributed by atoms with Crippen molar-refractivity contribution in [3.05, 3.63) is 22.2 Å². The van der Waals surface area contributed by atoms with Crippen molar-refractivity contribution >= 4 is 29.2 Å². The van der Waals surface area contributed by atoms with Gasteiger partial charge < -0.3 is 9.84 Å². The van der Waals surface area contributed by atoms with Gasteiger partial charge in [0.05, 0.1) is 0 Å². The highest BCUT2D eigenvalue weighted by atomic mass is 35.5. The lowest BCUT2D eigenvalue weighted by atomic mass is 9.97. The van der Waals surface area contributed by atoms with Crippen LogP contribution in [-0.4, -0.2) is 24.3 Å². The zero-order valence-electron chi connectivity index (χ0n) is 6.83. The van der Waals surface area contributed by atoms with Gasteiger partial charge in [0.1, 0.15) is 12.0 Å². The van der Waals surface area contributed by atoms with Crippen molar-refractivity contribution in [1.29, 1.82) is 0 Å². The highest BCUT2D eigenvalue weighted by Gasteiger charge is 2.35. The van der Waals surface area contributed by atoms with Gasteiger partial charge >= 0.3 is 5.97 Å². The normalized spacial score (nSPS) is 27.9. The van der Waals surface area contributed by atoms with Gasteiger partial charge in [-0.3, -0.25) is 4.79 Å². The SMILES string of the molecule is COC1C(Cl)=CC=C(Cl)C1C(=O)O. The summed E-state index contributed by atoms with van der Waals surface area (Å²) in [6.45, 7) is 0. The topological polar surface area (TPSA) is 46.5 Å². The number of halogens is 2. The standard InChI is InChI=1S/C8H8Cl2O3/c1-13-7-5(10)3-2-4(9)6(7)8(11)12/h2-3,6-7H,1H3,(H,11,12). The molecule has 2 unspecified atom stereocenters. The van der Waals surface area contributed by atoms with Crippen LogP contribution in [0.4, 0.5) is 0 Å². The van der Waals surface area contributed by atoms with Crippen LogP contribution in [0, 0.1) is 5.92 Å². The lowest BCUT2D eigenvalue weighted by Crippen LogP contribution is -2.32. The fraction of sp³-hybridized carbons (Fsp3) is 0.375. The molecule has 1 aliphatic rings. The molecule has 13 heavy (non-hydrogen) atoms. The summed E-state index contributed by atoms with van der Waals surface area (Å²) < 4.78 is 4.94. The molecule has 0 heterocycles. The van der Waals surface area contributed by atoms with Crippen molar-refractivity contribution < 1.29 is 14.6 Å². The van der Waals surface area contributed by atoms with E-state index in [1.165, 1.54) is 19.3 Å². The fourth-order valence-corrected chi connectivity index (χ4v) is 1.71. The summed E-state index contributed by atoms with van der Waals surface area (Å²) in [7, 11) is 1.40. The van der Waals surface area contributed by atoms with Gasteiger partial charge in [-0.1, -0.05) is 23.2 Å². The van der Waals surface area contributed by atoms with Crippen molar-refractivity contribution in [3.63, 3.8) is 0 Å². The molecule has 0 spiro atoms. The van der Waals surface area contributed by atoms with Gasteiger partial charge in [-0.2, -0.15) is 0 Å². The lowest BCUT2D eigenvalue weighted by molar-refractivity contribution is -0.143. The largest absolute Gasteiger partial charge is 0.481 e. The van der Waals surface area contributed by atoms with Crippen LogP contribution in [0.5, 0.6) is 0 Å². The summed E-state index contributed by atoms with van der Waals surface area (Å²) in [5.41, 5.74) is 0. The number of allylic oxidation sites excluding steroid dienone is 2. The highest BCUT2D eigenvalue weighted by molar-refractivity contribution is 6.34. The third-order valence-electron chi connectivity index (χ3n) is 1.79. The van der Waals surface area contributed by atoms with E-state index >= 15 is 0 Å². The number of ether oxygens (including phenoxy) is 1. The molecule has 3 nitrogen and oxygen atoms in total. The van der Waals surface area contributed by atoms with Crippen LogP contribution in [0.15, 0.2) is 22.2 Å². The highest BCUT2D eigenvalue weighted by Crippen LogP contribution is 2.32. The first-order valence-electron chi connectivity index (χ1n) is 3.56. The number of carboxylic acid groups (broad SMARTS) is 1. The van der Waals surface area contributed by atoms with Crippen LogP contribution >= 0.6 is 23.2 Å². The van der Waals surface area contributed by atoms with Crippen molar-refractivity contribution in [3.8, 4) is 0 Å². The predicted molar refractivity (Wildman–Crippen MR) is 49.8 cm³/mol. The van der Waals surface area contributed by atoms with Gasteiger partial charge in [0.2, 0.25) is 0 Å². The second-order valence-corrected chi connectivity index (χ2v) is 3.45. The first-order chi connectivity index (χ1) is 6.07. The molecular weight excluding hydrogens is 215 g/mol. The minimum atomic E-state index is -1.04. The molecule has 0 saturated carbocycles. The van der Waals surface area contributed by atoms with E-state index in [-0.39, 0.29) is 5.03 Å². The maximum atomic E-state index is 10.8. The number of rotatable bonds is 2. The van der Waals surface area contributed by atoms with Crippen LogP contribution in [-0.2, 0) is 9.53 Å². The number of hydrogen-bond donors (Lipinski definition) is 1. The molecular formula is C8H8Cl2O3. The number of methoxy groups -OCH3 is 1. The van der Waals surface area contributed by atoms with E-state index < -0.39 is 18.0 Å². The summed E-state index contributed by atoms with van der Waals surface area (Å²) in [6, 6.07) is 0. The maximum Gasteiger partial charge on any atom is 0.314 e. The van der Waals surface area contributed by atoms with E-state index in [9.17, 15) is 4.79 Å². The fourth-order valence-electron chi connectivity index (χ4n) is 1.16. The Hall–Kier alpha value is -0.510. The molecule has 0 radical (unpaired) electrons. The Morgan fingerprint density at radius 2 is 2.00 bits per heavy atom. The summed E-state index contributed by atoms with van der Waals surface area (Å²) in [6.07, 6.45) is 2.33. The molecule has 0 saturated heterocycles. The molecule has 0 aromatic carbocycles. The van der Waals surface area contributed by atoms with E-state index in [4.69, 9.17) is 33.0 Å². The second kappa shape index (κ2) is 4.13. The molecule has 0 amide bonds. The first-order valence-corrected chi connectivity index (χ1v) is 4.32. The number of aliphatic carboxylic acids is 1. The summed E-state index contributed by atoms with van der Waals surface area (Å²) in [4.78, 5) is 10.8. The predicted octanol–water partition coefficient (Wildman–Crippen LogP) is 1.96. The van der Waals surface area contributed by atoms with Gasteiger partial charge in [0.25, 0.3) is 0 Å². The summed E-state index contributed by atoms with van der Waals surface area (Å²) in [5.74, 6) is -1.94. The van der Waals surface area contributed by atoms with E-state index in [1.807, 2.05) is 0 Å². The molecule has 1 rings (SSSR count). The Morgan fingerprint density at radius 3 is 2.38 bits per heavy atom. The average Bonchev–Trinajstić information content (AvgIpc) is 2.07. The van der Waals surface area contributed by atoms with Gasteiger partial charge in [-0.05, 0) is 12.2 Å². The second-order valence-electron chi connectivity index (χ2n) is 2.58. The first kappa shape index (κ1) is 10.6. The van der Waals surface area contributed by atoms with Gasteiger partial charge in [0.15, 0.2) is 0 Å².